The molecule has 0 heterocycles. The van der Waals surface area contributed by atoms with Crippen LogP contribution >= 0.6 is 0 Å². The summed E-state index contributed by atoms with van der Waals surface area (Å²) in [5, 5.41) is 2.45. The fraction of sp³-hybridized carbons (Fsp3) is 0.333. The molecule has 17 heavy (non-hydrogen) atoms. The number of Topliss-reactive ketones (excluding diaryl/α,β-unsaturated/α-hetero) is 1. The number of ether oxygens (including phenoxy) is 1. The molecule has 0 aliphatic heterocycles. The summed E-state index contributed by atoms with van der Waals surface area (Å²) < 4.78 is 18.0. The molecule has 0 atom stereocenters. The summed E-state index contributed by atoms with van der Waals surface area (Å²) in [4.78, 5) is 23.0. The Hall–Kier alpha value is -1.91. The van der Waals surface area contributed by atoms with Crippen LogP contribution in [0.5, 0.6) is 5.75 Å². The van der Waals surface area contributed by atoms with Crippen molar-refractivity contribution in [1.29, 1.82) is 0 Å². The van der Waals surface area contributed by atoms with Gasteiger partial charge in [0.1, 0.15) is 0 Å². The standard InChI is InChI=1S/C12H14FNO3/c1-7(2)14-12(16)11(15)8-4-5-10(17-3)9(13)6-8/h4-7H,1-3H3,(H,14,16). The van der Waals surface area contributed by atoms with E-state index < -0.39 is 17.5 Å². The van der Waals surface area contributed by atoms with Crippen molar-refractivity contribution >= 4 is 11.7 Å². The van der Waals surface area contributed by atoms with E-state index in [1.807, 2.05) is 0 Å². The number of carbonyl (C=O) groups excluding carboxylic acids is 2. The van der Waals surface area contributed by atoms with Crippen molar-refractivity contribution in [1.82, 2.24) is 5.32 Å². The number of hydrogen-bond donors (Lipinski definition) is 1. The molecule has 4 nitrogen and oxygen atoms in total. The first-order valence-corrected chi connectivity index (χ1v) is 5.14. The Balaban J connectivity index is 2.90. The number of methoxy groups -OCH3 is 1. The Morgan fingerprint density at radius 1 is 1.35 bits per heavy atom. The average Bonchev–Trinajstić information content (AvgIpc) is 2.27. The molecular weight excluding hydrogens is 225 g/mol. The first-order chi connectivity index (χ1) is 7.95. The summed E-state index contributed by atoms with van der Waals surface area (Å²) in [5.74, 6) is -2.15. The molecule has 1 aromatic carbocycles. The van der Waals surface area contributed by atoms with E-state index in [2.05, 4.69) is 5.32 Å². The molecule has 0 saturated heterocycles. The summed E-state index contributed by atoms with van der Waals surface area (Å²) in [7, 11) is 1.32. The normalized spacial score (nSPS) is 10.2. The molecule has 0 aliphatic rings. The largest absolute Gasteiger partial charge is 0.494 e. The van der Waals surface area contributed by atoms with Gasteiger partial charge in [0.15, 0.2) is 11.6 Å². The van der Waals surface area contributed by atoms with Gasteiger partial charge in [0.05, 0.1) is 7.11 Å². The summed E-state index contributed by atoms with van der Waals surface area (Å²) in [5.41, 5.74) is 0.00134. The van der Waals surface area contributed by atoms with E-state index in [1.54, 1.807) is 13.8 Å². The minimum Gasteiger partial charge on any atom is -0.494 e. The second-order valence-electron chi connectivity index (χ2n) is 3.81. The minimum absolute atomic E-state index is 0.00134. The Labute approximate surface area is 98.8 Å². The Bertz CT molecular complexity index is 443. The maximum Gasteiger partial charge on any atom is 0.292 e. The van der Waals surface area contributed by atoms with Crippen LogP contribution < -0.4 is 10.1 Å². The Morgan fingerprint density at radius 2 is 2.00 bits per heavy atom. The highest BCUT2D eigenvalue weighted by atomic mass is 19.1. The van der Waals surface area contributed by atoms with Crippen LogP contribution in [0.3, 0.4) is 0 Å². The lowest BCUT2D eigenvalue weighted by molar-refractivity contribution is -0.117. The number of amides is 1. The zero-order valence-corrected chi connectivity index (χ0v) is 9.91. The number of halogens is 1. The molecule has 1 N–H and O–H groups in total. The first-order valence-electron chi connectivity index (χ1n) is 5.14. The topological polar surface area (TPSA) is 55.4 Å². The number of ketones is 1. The van der Waals surface area contributed by atoms with Gasteiger partial charge in [-0.25, -0.2) is 4.39 Å². The van der Waals surface area contributed by atoms with Gasteiger partial charge in [-0.2, -0.15) is 0 Å². The third-order valence-electron chi connectivity index (χ3n) is 2.04. The van der Waals surface area contributed by atoms with Gasteiger partial charge < -0.3 is 10.1 Å². The van der Waals surface area contributed by atoms with Crippen LogP contribution in [0.25, 0.3) is 0 Å². The molecule has 0 saturated carbocycles. The van der Waals surface area contributed by atoms with Crippen LogP contribution in [-0.2, 0) is 4.79 Å². The fourth-order valence-electron chi connectivity index (χ4n) is 1.27. The molecule has 0 fully saturated rings. The molecule has 5 heteroatoms. The van der Waals surface area contributed by atoms with Crippen LogP contribution in [0, 0.1) is 5.82 Å². The zero-order valence-electron chi connectivity index (χ0n) is 9.91. The van der Waals surface area contributed by atoms with Gasteiger partial charge in [-0.15, -0.1) is 0 Å². The van der Waals surface area contributed by atoms with E-state index in [9.17, 15) is 14.0 Å². The summed E-state index contributed by atoms with van der Waals surface area (Å²) >= 11 is 0. The maximum absolute atomic E-state index is 13.3. The summed E-state index contributed by atoms with van der Waals surface area (Å²) in [6, 6.07) is 3.51. The third-order valence-corrected chi connectivity index (χ3v) is 2.04. The second kappa shape index (κ2) is 5.43. The van der Waals surface area contributed by atoms with E-state index >= 15 is 0 Å². The summed E-state index contributed by atoms with van der Waals surface area (Å²) in [6.07, 6.45) is 0. The minimum atomic E-state index is -0.764. The maximum atomic E-state index is 13.3. The van der Waals surface area contributed by atoms with Crippen LogP contribution in [-0.4, -0.2) is 24.8 Å². The van der Waals surface area contributed by atoms with Gasteiger partial charge in [0.2, 0.25) is 5.78 Å². The third kappa shape index (κ3) is 3.27. The van der Waals surface area contributed by atoms with Gasteiger partial charge >= 0.3 is 0 Å². The summed E-state index contributed by atoms with van der Waals surface area (Å²) in [6.45, 7) is 3.47. The van der Waals surface area contributed by atoms with Crippen LogP contribution in [0.4, 0.5) is 4.39 Å². The van der Waals surface area contributed by atoms with Gasteiger partial charge in [-0.1, -0.05) is 0 Å². The fourth-order valence-corrected chi connectivity index (χ4v) is 1.27. The molecule has 1 amide bonds. The van der Waals surface area contributed by atoms with Crippen LogP contribution in [0.15, 0.2) is 18.2 Å². The molecular formula is C12H14FNO3. The van der Waals surface area contributed by atoms with Crippen molar-refractivity contribution in [3.05, 3.63) is 29.6 Å². The highest BCUT2D eigenvalue weighted by molar-refractivity contribution is 6.42. The van der Waals surface area contributed by atoms with Crippen LogP contribution in [0.1, 0.15) is 24.2 Å². The Kier molecular flexibility index (Phi) is 4.20. The highest BCUT2D eigenvalue weighted by Crippen LogP contribution is 2.17. The molecule has 0 unspecified atom stereocenters. The number of rotatable bonds is 4. The predicted octanol–water partition coefficient (Wildman–Crippen LogP) is 1.54. The predicted molar refractivity (Wildman–Crippen MR) is 60.6 cm³/mol. The van der Waals surface area contributed by atoms with E-state index in [4.69, 9.17) is 4.74 Å². The van der Waals surface area contributed by atoms with Crippen molar-refractivity contribution in [2.24, 2.45) is 0 Å². The first kappa shape index (κ1) is 13.2. The highest BCUT2D eigenvalue weighted by Gasteiger charge is 2.18. The van der Waals surface area contributed by atoms with Crippen molar-refractivity contribution < 1.29 is 18.7 Å². The molecule has 1 rings (SSSR count). The molecule has 0 radical (unpaired) electrons. The Morgan fingerprint density at radius 3 is 2.47 bits per heavy atom. The van der Waals surface area contributed by atoms with Crippen molar-refractivity contribution in [2.45, 2.75) is 19.9 Å². The van der Waals surface area contributed by atoms with Crippen molar-refractivity contribution in [3.63, 3.8) is 0 Å². The average molecular weight is 239 g/mol. The smallest absolute Gasteiger partial charge is 0.292 e. The van der Waals surface area contributed by atoms with E-state index in [0.29, 0.717) is 0 Å². The monoisotopic (exact) mass is 239 g/mol. The lowest BCUT2D eigenvalue weighted by atomic mass is 10.1. The quantitative estimate of drug-likeness (QED) is 0.640. The van der Waals surface area contributed by atoms with Gasteiger partial charge in [0.25, 0.3) is 5.91 Å². The number of hydrogen-bond acceptors (Lipinski definition) is 3. The molecule has 0 aliphatic carbocycles. The molecule has 0 bridgehead atoms. The van der Waals surface area contributed by atoms with E-state index in [1.165, 1.54) is 19.2 Å². The van der Waals surface area contributed by atoms with Gasteiger partial charge in [-0.3, -0.25) is 9.59 Å². The lowest BCUT2D eigenvalue weighted by Gasteiger charge is -2.08. The van der Waals surface area contributed by atoms with Crippen molar-refractivity contribution in [2.75, 3.05) is 7.11 Å². The number of benzene rings is 1. The van der Waals surface area contributed by atoms with Gasteiger partial charge in [-0.05, 0) is 32.0 Å². The van der Waals surface area contributed by atoms with E-state index in [-0.39, 0.29) is 17.4 Å². The lowest BCUT2D eigenvalue weighted by Crippen LogP contribution is -2.35. The molecule has 1 aromatic rings. The molecule has 0 aromatic heterocycles. The van der Waals surface area contributed by atoms with Crippen molar-refractivity contribution in [3.8, 4) is 5.75 Å². The zero-order chi connectivity index (χ0) is 13.0. The molecule has 0 spiro atoms. The van der Waals surface area contributed by atoms with Crippen LogP contribution in [0.2, 0.25) is 0 Å². The number of carbonyl (C=O) groups is 2. The second-order valence-corrected chi connectivity index (χ2v) is 3.81. The SMILES string of the molecule is COc1ccc(C(=O)C(=O)NC(C)C)cc1F. The van der Waals surface area contributed by atoms with Gasteiger partial charge in [0, 0.05) is 11.6 Å². The molecule has 92 valence electrons. The van der Waals surface area contributed by atoms with E-state index in [0.717, 1.165) is 6.07 Å². The number of nitrogens with one attached hydrogen (secondary N) is 1.